The van der Waals surface area contributed by atoms with Gasteiger partial charge in [-0.25, -0.2) is 9.78 Å². The van der Waals surface area contributed by atoms with Crippen LogP contribution >= 0.6 is 58.2 Å². The number of aromatic nitrogens is 1. The summed E-state index contributed by atoms with van der Waals surface area (Å²) < 4.78 is 0. The SMILES string of the molecule is O=C(O)c1c(Cl)c(Cl)c(Cl)c(Cl)c1C(=O)Nc1cccc(SC(C(=O)Nc2ccccn2)c2ccccc2)c1. The Morgan fingerprint density at radius 3 is 2.08 bits per heavy atom. The number of halogens is 4. The number of thioether (sulfide) groups is 1. The van der Waals surface area contributed by atoms with Crippen LogP contribution in [-0.4, -0.2) is 27.9 Å². The van der Waals surface area contributed by atoms with Crippen molar-refractivity contribution in [3.63, 3.8) is 0 Å². The van der Waals surface area contributed by atoms with Crippen molar-refractivity contribution in [2.45, 2.75) is 10.1 Å². The summed E-state index contributed by atoms with van der Waals surface area (Å²) in [6.45, 7) is 0. The second kappa shape index (κ2) is 12.7. The maximum atomic E-state index is 13.2. The van der Waals surface area contributed by atoms with E-state index in [-0.39, 0.29) is 21.0 Å². The lowest BCUT2D eigenvalue weighted by molar-refractivity contribution is -0.115. The molecular formula is C27H17Cl4N3O4S. The molecule has 4 aromatic rings. The molecule has 1 aromatic heterocycles. The van der Waals surface area contributed by atoms with Crippen LogP contribution in [0.5, 0.6) is 0 Å². The summed E-state index contributed by atoms with van der Waals surface area (Å²) in [6, 6.07) is 21.1. The fraction of sp³-hybridized carbons (Fsp3) is 0.0370. The van der Waals surface area contributed by atoms with Crippen molar-refractivity contribution in [2.75, 3.05) is 10.6 Å². The molecule has 0 saturated heterocycles. The van der Waals surface area contributed by atoms with Gasteiger partial charge in [0.1, 0.15) is 11.1 Å². The van der Waals surface area contributed by atoms with E-state index >= 15 is 0 Å². The monoisotopic (exact) mass is 619 g/mol. The molecule has 1 unspecified atom stereocenters. The fourth-order valence-corrected chi connectivity index (χ4v) is 5.65. The molecule has 0 bridgehead atoms. The lowest BCUT2D eigenvalue weighted by Gasteiger charge is -2.18. The number of carbonyl (C=O) groups excluding carboxylic acids is 2. The predicted molar refractivity (Wildman–Crippen MR) is 156 cm³/mol. The minimum atomic E-state index is -1.50. The maximum Gasteiger partial charge on any atom is 0.338 e. The van der Waals surface area contributed by atoms with Gasteiger partial charge in [-0.2, -0.15) is 0 Å². The molecule has 0 fully saturated rings. The van der Waals surface area contributed by atoms with Crippen molar-refractivity contribution in [2.24, 2.45) is 0 Å². The van der Waals surface area contributed by atoms with Gasteiger partial charge in [-0.3, -0.25) is 9.59 Å². The second-order valence-corrected chi connectivity index (χ2v) is 10.6. The van der Waals surface area contributed by atoms with E-state index in [1.165, 1.54) is 11.8 Å². The number of nitrogens with one attached hydrogen (secondary N) is 2. The number of benzene rings is 3. The largest absolute Gasteiger partial charge is 0.478 e. The average molecular weight is 621 g/mol. The summed E-state index contributed by atoms with van der Waals surface area (Å²) in [5.74, 6) is -2.23. The van der Waals surface area contributed by atoms with E-state index in [0.717, 1.165) is 5.56 Å². The number of carboxylic acids is 1. The van der Waals surface area contributed by atoms with E-state index in [1.54, 1.807) is 48.7 Å². The van der Waals surface area contributed by atoms with Crippen molar-refractivity contribution >= 4 is 87.5 Å². The molecule has 4 rings (SSSR count). The second-order valence-electron chi connectivity index (χ2n) is 7.91. The van der Waals surface area contributed by atoms with Crippen molar-refractivity contribution in [1.82, 2.24) is 4.98 Å². The van der Waals surface area contributed by atoms with E-state index in [4.69, 9.17) is 46.4 Å². The van der Waals surface area contributed by atoms with Crippen molar-refractivity contribution < 1.29 is 19.5 Å². The summed E-state index contributed by atoms with van der Waals surface area (Å²) in [4.78, 5) is 43.0. The van der Waals surface area contributed by atoms with Gasteiger partial charge in [0.25, 0.3) is 5.91 Å². The quantitative estimate of drug-likeness (QED) is 0.104. The Hall–Kier alpha value is -3.27. The smallest absolute Gasteiger partial charge is 0.338 e. The Morgan fingerprint density at radius 2 is 1.44 bits per heavy atom. The number of anilines is 2. The molecule has 0 spiro atoms. The first-order valence-electron chi connectivity index (χ1n) is 11.1. The van der Waals surface area contributed by atoms with Crippen LogP contribution in [0.4, 0.5) is 11.5 Å². The van der Waals surface area contributed by atoms with Gasteiger partial charge in [-0.05, 0) is 35.9 Å². The van der Waals surface area contributed by atoms with Crippen molar-refractivity contribution in [3.05, 3.63) is 116 Å². The molecule has 0 aliphatic rings. The van der Waals surface area contributed by atoms with Gasteiger partial charge >= 0.3 is 5.97 Å². The molecule has 0 radical (unpaired) electrons. The minimum absolute atomic E-state index is 0.243. The van der Waals surface area contributed by atoms with Gasteiger partial charge < -0.3 is 15.7 Å². The number of carboxylic acid groups (broad SMARTS) is 1. The third-order valence-corrected chi connectivity index (χ3v) is 8.36. The zero-order chi connectivity index (χ0) is 28.1. The molecule has 7 nitrogen and oxygen atoms in total. The van der Waals surface area contributed by atoms with Crippen LogP contribution in [0, 0.1) is 0 Å². The number of rotatable bonds is 8. The first kappa shape index (κ1) is 28.7. The highest BCUT2D eigenvalue weighted by Gasteiger charge is 2.29. The predicted octanol–water partition coefficient (Wildman–Crippen LogP) is 8.12. The zero-order valence-corrected chi connectivity index (χ0v) is 23.5. The van der Waals surface area contributed by atoms with Crippen LogP contribution in [0.25, 0.3) is 0 Å². The highest BCUT2D eigenvalue weighted by atomic mass is 35.5. The van der Waals surface area contributed by atoms with Crippen LogP contribution in [0.1, 0.15) is 31.5 Å². The molecule has 0 aliphatic carbocycles. The van der Waals surface area contributed by atoms with Crippen LogP contribution in [-0.2, 0) is 4.79 Å². The van der Waals surface area contributed by atoms with E-state index in [9.17, 15) is 19.5 Å². The number of hydrogen-bond donors (Lipinski definition) is 3. The van der Waals surface area contributed by atoms with Crippen LogP contribution < -0.4 is 10.6 Å². The first-order chi connectivity index (χ1) is 18.7. The number of nitrogens with zero attached hydrogens (tertiary/aromatic N) is 1. The van der Waals surface area contributed by atoms with Gasteiger partial charge in [0.2, 0.25) is 5.91 Å². The molecule has 1 atom stereocenters. The lowest BCUT2D eigenvalue weighted by atomic mass is 10.1. The zero-order valence-electron chi connectivity index (χ0n) is 19.6. The Kier molecular flexibility index (Phi) is 9.37. The third-order valence-electron chi connectivity index (χ3n) is 5.31. The van der Waals surface area contributed by atoms with Crippen molar-refractivity contribution in [3.8, 4) is 0 Å². The molecule has 3 N–H and O–H groups in total. The number of carbonyl (C=O) groups is 3. The van der Waals surface area contributed by atoms with Gasteiger partial charge in [0.05, 0.1) is 31.2 Å². The molecule has 12 heteroatoms. The van der Waals surface area contributed by atoms with Gasteiger partial charge in [-0.1, -0.05) is 88.9 Å². The molecule has 2 amide bonds. The Bertz CT molecular complexity index is 1560. The van der Waals surface area contributed by atoms with E-state index in [0.29, 0.717) is 16.4 Å². The molecule has 0 aliphatic heterocycles. The molecule has 0 saturated carbocycles. The summed E-state index contributed by atoms with van der Waals surface area (Å²) in [6.07, 6.45) is 1.58. The first-order valence-corrected chi connectivity index (χ1v) is 13.5. The summed E-state index contributed by atoms with van der Waals surface area (Å²) in [5.41, 5.74) is 0.0678. The Labute approximate surface area is 247 Å². The number of hydrogen-bond acceptors (Lipinski definition) is 5. The van der Waals surface area contributed by atoms with E-state index < -0.39 is 33.3 Å². The number of amides is 2. The van der Waals surface area contributed by atoms with Crippen molar-refractivity contribution in [1.29, 1.82) is 0 Å². The summed E-state index contributed by atoms with van der Waals surface area (Å²) in [5, 5.41) is 13.2. The molecular weight excluding hydrogens is 604 g/mol. The summed E-state index contributed by atoms with van der Waals surface area (Å²) >= 11 is 25.6. The normalized spacial score (nSPS) is 11.5. The molecule has 3 aromatic carbocycles. The molecule has 39 heavy (non-hydrogen) atoms. The topological polar surface area (TPSA) is 108 Å². The average Bonchev–Trinajstić information content (AvgIpc) is 2.93. The number of pyridine rings is 1. The Balaban J connectivity index is 1.62. The third kappa shape index (κ3) is 6.66. The van der Waals surface area contributed by atoms with Gasteiger partial charge in [0.15, 0.2) is 0 Å². The maximum absolute atomic E-state index is 13.2. The van der Waals surface area contributed by atoms with Gasteiger partial charge in [0, 0.05) is 16.8 Å². The Morgan fingerprint density at radius 1 is 0.769 bits per heavy atom. The van der Waals surface area contributed by atoms with Gasteiger partial charge in [-0.15, -0.1) is 11.8 Å². The highest BCUT2D eigenvalue weighted by Crippen LogP contribution is 2.42. The van der Waals surface area contributed by atoms with Crippen LogP contribution in [0.15, 0.2) is 83.9 Å². The molecule has 1 heterocycles. The molecule has 198 valence electrons. The minimum Gasteiger partial charge on any atom is -0.478 e. The van der Waals surface area contributed by atoms with E-state index in [2.05, 4.69) is 15.6 Å². The fourth-order valence-electron chi connectivity index (χ4n) is 3.55. The standard InChI is InChI=1S/C27H17Cl4N3O4S/c28-20-18(19(27(37)38)21(29)23(31)22(20)30)25(35)33-15-9-6-10-16(13-15)39-24(14-7-2-1-3-8-14)26(36)34-17-11-4-5-12-32-17/h1-13,24H,(H,33,35)(H,37,38)(H,32,34,36). The highest BCUT2D eigenvalue weighted by molar-refractivity contribution is 8.00. The van der Waals surface area contributed by atoms with E-state index in [1.807, 2.05) is 30.3 Å². The van der Waals surface area contributed by atoms with Crippen LogP contribution in [0.2, 0.25) is 20.1 Å². The summed E-state index contributed by atoms with van der Waals surface area (Å²) in [7, 11) is 0. The number of aromatic carboxylic acids is 1. The lowest BCUT2D eigenvalue weighted by Crippen LogP contribution is -2.19. The van der Waals surface area contributed by atoms with Crippen LogP contribution in [0.3, 0.4) is 0 Å².